The number of halogens is 2. The molecule has 1 rings (SSSR count). The van der Waals surface area contributed by atoms with Crippen molar-refractivity contribution in [2.45, 2.75) is 19.5 Å². The lowest BCUT2D eigenvalue weighted by molar-refractivity contribution is 0.556. The predicted octanol–water partition coefficient (Wildman–Crippen LogP) is 2.43. The van der Waals surface area contributed by atoms with Crippen molar-refractivity contribution in [3.63, 3.8) is 0 Å². The average molecular weight is 233 g/mol. The first-order chi connectivity index (χ1) is 6.65. The fraction of sp³-hybridized carbons (Fsp3) is 0.400. The first kappa shape index (κ1) is 11.8. The van der Waals surface area contributed by atoms with Crippen LogP contribution in [0.5, 0.6) is 0 Å². The summed E-state index contributed by atoms with van der Waals surface area (Å²) >= 11 is 12.0. The average Bonchev–Trinajstić information content (AvgIpc) is 2.16. The molecule has 3 N–H and O–H groups in total. The SMILES string of the molecule is C[C@H](CN)NCc1c(Cl)cccc1Cl. The smallest absolute Gasteiger partial charge is 0.0465 e. The van der Waals surface area contributed by atoms with E-state index in [4.69, 9.17) is 28.9 Å². The topological polar surface area (TPSA) is 38.0 Å². The second-order valence-corrected chi connectivity index (χ2v) is 4.03. The first-order valence-electron chi connectivity index (χ1n) is 4.51. The van der Waals surface area contributed by atoms with Crippen LogP contribution >= 0.6 is 23.2 Å². The van der Waals surface area contributed by atoms with Crippen molar-refractivity contribution >= 4 is 23.2 Å². The standard InChI is InChI=1S/C10H14Cl2N2/c1-7(5-13)14-6-8-9(11)3-2-4-10(8)12/h2-4,7,14H,5-6,13H2,1H3/t7-/m1/s1. The highest BCUT2D eigenvalue weighted by atomic mass is 35.5. The molecule has 2 nitrogen and oxygen atoms in total. The van der Waals surface area contributed by atoms with Gasteiger partial charge in [-0.05, 0) is 19.1 Å². The van der Waals surface area contributed by atoms with E-state index in [9.17, 15) is 0 Å². The van der Waals surface area contributed by atoms with Gasteiger partial charge in [-0.15, -0.1) is 0 Å². The Morgan fingerprint density at radius 1 is 1.36 bits per heavy atom. The molecule has 78 valence electrons. The van der Waals surface area contributed by atoms with E-state index in [1.807, 2.05) is 25.1 Å². The van der Waals surface area contributed by atoms with Crippen molar-refractivity contribution in [2.24, 2.45) is 5.73 Å². The van der Waals surface area contributed by atoms with Gasteiger partial charge in [-0.3, -0.25) is 0 Å². The van der Waals surface area contributed by atoms with E-state index in [2.05, 4.69) is 5.32 Å². The number of hydrogen-bond acceptors (Lipinski definition) is 2. The molecule has 0 aliphatic heterocycles. The molecule has 0 aliphatic carbocycles. The maximum absolute atomic E-state index is 6.00. The molecule has 1 atom stereocenters. The number of rotatable bonds is 4. The molecule has 0 amide bonds. The molecule has 14 heavy (non-hydrogen) atoms. The molecule has 1 aromatic rings. The Morgan fingerprint density at radius 2 is 1.93 bits per heavy atom. The van der Waals surface area contributed by atoms with Crippen LogP contribution in [0.3, 0.4) is 0 Å². The predicted molar refractivity (Wildman–Crippen MR) is 61.8 cm³/mol. The van der Waals surface area contributed by atoms with Gasteiger partial charge in [0.1, 0.15) is 0 Å². The molecule has 1 aromatic carbocycles. The summed E-state index contributed by atoms with van der Waals surface area (Å²) in [6, 6.07) is 5.76. The second kappa shape index (κ2) is 5.56. The molecule has 0 spiro atoms. The Morgan fingerprint density at radius 3 is 2.43 bits per heavy atom. The monoisotopic (exact) mass is 232 g/mol. The molecule has 0 saturated carbocycles. The lowest BCUT2D eigenvalue weighted by Crippen LogP contribution is -2.32. The minimum atomic E-state index is 0.266. The van der Waals surface area contributed by atoms with Crippen molar-refractivity contribution in [1.82, 2.24) is 5.32 Å². The lowest BCUT2D eigenvalue weighted by Gasteiger charge is -2.12. The van der Waals surface area contributed by atoms with Crippen molar-refractivity contribution in [3.8, 4) is 0 Å². The van der Waals surface area contributed by atoms with E-state index in [0.717, 1.165) is 5.56 Å². The van der Waals surface area contributed by atoms with Gasteiger partial charge in [-0.2, -0.15) is 0 Å². The van der Waals surface area contributed by atoms with Gasteiger partial charge in [-0.25, -0.2) is 0 Å². The van der Waals surface area contributed by atoms with Crippen LogP contribution in [-0.4, -0.2) is 12.6 Å². The minimum Gasteiger partial charge on any atom is -0.329 e. The molecule has 0 aromatic heterocycles. The minimum absolute atomic E-state index is 0.266. The van der Waals surface area contributed by atoms with Crippen LogP contribution in [0.2, 0.25) is 10.0 Å². The summed E-state index contributed by atoms with van der Waals surface area (Å²) in [5.41, 5.74) is 6.41. The summed E-state index contributed by atoms with van der Waals surface area (Å²) in [6.45, 7) is 3.27. The fourth-order valence-electron chi connectivity index (χ4n) is 1.06. The number of nitrogens with two attached hydrogens (primary N) is 1. The highest BCUT2D eigenvalue weighted by molar-refractivity contribution is 6.35. The van der Waals surface area contributed by atoms with Gasteiger partial charge in [-0.1, -0.05) is 29.3 Å². The van der Waals surface area contributed by atoms with E-state index < -0.39 is 0 Å². The van der Waals surface area contributed by atoms with Crippen LogP contribution < -0.4 is 11.1 Å². The third-order valence-electron chi connectivity index (χ3n) is 2.04. The van der Waals surface area contributed by atoms with Gasteiger partial charge in [0, 0.05) is 34.7 Å². The molecule has 0 heterocycles. The van der Waals surface area contributed by atoms with E-state index in [-0.39, 0.29) is 6.04 Å². The van der Waals surface area contributed by atoms with E-state index in [1.54, 1.807) is 0 Å². The van der Waals surface area contributed by atoms with E-state index in [1.165, 1.54) is 0 Å². The van der Waals surface area contributed by atoms with Crippen LogP contribution in [0, 0.1) is 0 Å². The molecule has 0 unspecified atom stereocenters. The molecular weight excluding hydrogens is 219 g/mol. The number of benzene rings is 1. The molecule has 0 saturated heterocycles. The van der Waals surface area contributed by atoms with Crippen molar-refractivity contribution in [1.29, 1.82) is 0 Å². The molecule has 0 fully saturated rings. The van der Waals surface area contributed by atoms with Gasteiger partial charge in [0.2, 0.25) is 0 Å². The summed E-state index contributed by atoms with van der Waals surface area (Å²) in [7, 11) is 0. The van der Waals surface area contributed by atoms with Gasteiger partial charge in [0.15, 0.2) is 0 Å². The highest BCUT2D eigenvalue weighted by Crippen LogP contribution is 2.23. The molecule has 0 radical (unpaired) electrons. The van der Waals surface area contributed by atoms with Gasteiger partial charge >= 0.3 is 0 Å². The number of nitrogens with one attached hydrogen (secondary N) is 1. The maximum atomic E-state index is 6.00. The Balaban J connectivity index is 2.66. The van der Waals surface area contributed by atoms with Gasteiger partial charge in [0.25, 0.3) is 0 Å². The Hall–Kier alpha value is -0.280. The Labute approximate surface area is 94.4 Å². The van der Waals surface area contributed by atoms with Crippen molar-refractivity contribution in [3.05, 3.63) is 33.8 Å². The normalized spacial score (nSPS) is 12.9. The Bertz CT molecular complexity index is 282. The van der Waals surface area contributed by atoms with E-state index >= 15 is 0 Å². The maximum Gasteiger partial charge on any atom is 0.0465 e. The molecule has 4 heteroatoms. The third kappa shape index (κ3) is 3.14. The van der Waals surface area contributed by atoms with Gasteiger partial charge in [0.05, 0.1) is 0 Å². The zero-order valence-corrected chi connectivity index (χ0v) is 9.57. The summed E-state index contributed by atoms with van der Waals surface area (Å²) in [4.78, 5) is 0. The number of hydrogen-bond donors (Lipinski definition) is 2. The summed E-state index contributed by atoms with van der Waals surface area (Å²) < 4.78 is 0. The van der Waals surface area contributed by atoms with Crippen LogP contribution in [-0.2, 0) is 6.54 Å². The lowest BCUT2D eigenvalue weighted by atomic mass is 10.2. The zero-order chi connectivity index (χ0) is 10.6. The van der Waals surface area contributed by atoms with Crippen LogP contribution in [0.4, 0.5) is 0 Å². The summed E-state index contributed by atoms with van der Waals surface area (Å²) in [5, 5.41) is 4.61. The summed E-state index contributed by atoms with van der Waals surface area (Å²) in [6.07, 6.45) is 0. The second-order valence-electron chi connectivity index (χ2n) is 3.22. The van der Waals surface area contributed by atoms with Crippen molar-refractivity contribution in [2.75, 3.05) is 6.54 Å². The van der Waals surface area contributed by atoms with Crippen LogP contribution in [0.25, 0.3) is 0 Å². The third-order valence-corrected chi connectivity index (χ3v) is 2.75. The van der Waals surface area contributed by atoms with Crippen molar-refractivity contribution < 1.29 is 0 Å². The zero-order valence-electron chi connectivity index (χ0n) is 8.06. The quantitative estimate of drug-likeness (QED) is 0.838. The Kier molecular flexibility index (Phi) is 4.69. The highest BCUT2D eigenvalue weighted by Gasteiger charge is 2.06. The van der Waals surface area contributed by atoms with Crippen LogP contribution in [0.1, 0.15) is 12.5 Å². The fourth-order valence-corrected chi connectivity index (χ4v) is 1.59. The largest absolute Gasteiger partial charge is 0.329 e. The van der Waals surface area contributed by atoms with Gasteiger partial charge < -0.3 is 11.1 Å². The molecule has 0 aliphatic rings. The summed E-state index contributed by atoms with van der Waals surface area (Å²) in [5.74, 6) is 0. The molecule has 0 bridgehead atoms. The molecular formula is C10H14Cl2N2. The first-order valence-corrected chi connectivity index (χ1v) is 5.27. The van der Waals surface area contributed by atoms with Crippen LogP contribution in [0.15, 0.2) is 18.2 Å². The van der Waals surface area contributed by atoms with E-state index in [0.29, 0.717) is 23.1 Å².